The molecule has 28 heavy (non-hydrogen) atoms. The van der Waals surface area contributed by atoms with Gasteiger partial charge in [-0.05, 0) is 36.8 Å². The van der Waals surface area contributed by atoms with Gasteiger partial charge in [0.25, 0.3) is 0 Å². The normalized spacial score (nSPS) is 23.5. The van der Waals surface area contributed by atoms with Crippen molar-refractivity contribution in [2.45, 2.75) is 37.6 Å². The Morgan fingerprint density at radius 2 is 2.04 bits per heavy atom. The molecule has 0 unspecified atom stereocenters. The van der Waals surface area contributed by atoms with Crippen LogP contribution < -0.4 is 5.32 Å². The predicted molar refractivity (Wildman–Crippen MR) is 102 cm³/mol. The van der Waals surface area contributed by atoms with E-state index in [9.17, 15) is 14.4 Å². The van der Waals surface area contributed by atoms with Crippen LogP contribution in [0.25, 0.3) is 10.9 Å². The van der Waals surface area contributed by atoms with Gasteiger partial charge in [0.1, 0.15) is 0 Å². The quantitative estimate of drug-likeness (QED) is 0.640. The maximum absolute atomic E-state index is 13.2. The summed E-state index contributed by atoms with van der Waals surface area (Å²) in [5.41, 5.74) is 1.41. The fourth-order valence-electron chi connectivity index (χ4n) is 4.87. The van der Waals surface area contributed by atoms with Crippen molar-refractivity contribution < 1.29 is 23.9 Å². The van der Waals surface area contributed by atoms with Crippen LogP contribution in [0.1, 0.15) is 30.5 Å². The van der Waals surface area contributed by atoms with Gasteiger partial charge in [0.15, 0.2) is 5.41 Å². The average Bonchev–Trinajstić information content (AvgIpc) is 2.95. The van der Waals surface area contributed by atoms with Crippen LogP contribution in [0.2, 0.25) is 0 Å². The van der Waals surface area contributed by atoms with Crippen molar-refractivity contribution in [1.29, 1.82) is 0 Å². The van der Waals surface area contributed by atoms with Gasteiger partial charge in [0, 0.05) is 36.1 Å². The van der Waals surface area contributed by atoms with E-state index in [0.29, 0.717) is 32.4 Å². The molecule has 1 aromatic carbocycles. The van der Waals surface area contributed by atoms with Gasteiger partial charge in [-0.15, -0.1) is 0 Å². The van der Waals surface area contributed by atoms with E-state index < -0.39 is 11.4 Å². The molecule has 0 spiro atoms. The van der Waals surface area contributed by atoms with Gasteiger partial charge in [-0.2, -0.15) is 0 Å². The number of fused-ring (bicyclic) bond motifs is 3. The van der Waals surface area contributed by atoms with Crippen molar-refractivity contribution in [3.8, 4) is 0 Å². The Bertz CT molecular complexity index is 963. The number of amides is 1. The summed E-state index contributed by atoms with van der Waals surface area (Å²) >= 11 is 0. The smallest absolute Gasteiger partial charge is 0.327 e. The Kier molecular flexibility index (Phi) is 4.61. The number of benzene rings is 1. The van der Waals surface area contributed by atoms with E-state index in [-0.39, 0.29) is 24.2 Å². The molecule has 0 fully saturated rings. The summed E-state index contributed by atoms with van der Waals surface area (Å²) in [6.45, 7) is 1.13. The first-order valence-electron chi connectivity index (χ1n) is 9.57. The minimum atomic E-state index is -1.39. The third kappa shape index (κ3) is 2.60. The second kappa shape index (κ2) is 6.96. The summed E-state index contributed by atoms with van der Waals surface area (Å²) < 4.78 is 12.0. The molecule has 0 bridgehead atoms. The number of carbonyl (C=O) groups is 3. The van der Waals surface area contributed by atoms with Crippen LogP contribution in [0.3, 0.4) is 0 Å². The highest BCUT2D eigenvalue weighted by Gasteiger charge is 2.56. The maximum Gasteiger partial charge on any atom is 0.327 e. The summed E-state index contributed by atoms with van der Waals surface area (Å²) in [4.78, 5) is 37.9. The molecule has 1 amide bonds. The SMILES string of the molecule is COC(=O)CC[C@H]1Cn2c3c(c4ccccc42)CCNC(=O)[C@]3(C(=O)OC)C1. The number of para-hydroxylation sites is 1. The van der Waals surface area contributed by atoms with Crippen molar-refractivity contribution in [3.05, 3.63) is 35.5 Å². The Balaban J connectivity index is 1.92. The highest BCUT2D eigenvalue weighted by molar-refractivity contribution is 6.10. The van der Waals surface area contributed by atoms with Crippen molar-refractivity contribution in [3.63, 3.8) is 0 Å². The lowest BCUT2D eigenvalue weighted by molar-refractivity contribution is -0.154. The Hall–Kier alpha value is -2.83. The van der Waals surface area contributed by atoms with Crippen LogP contribution in [-0.4, -0.2) is 43.2 Å². The topological polar surface area (TPSA) is 86.6 Å². The number of hydrogen-bond donors (Lipinski definition) is 1. The van der Waals surface area contributed by atoms with Crippen LogP contribution in [0.15, 0.2) is 24.3 Å². The number of ether oxygens (including phenoxy) is 2. The lowest BCUT2D eigenvalue weighted by atomic mass is 9.71. The Morgan fingerprint density at radius 3 is 2.79 bits per heavy atom. The summed E-state index contributed by atoms with van der Waals surface area (Å²) in [5, 5.41) is 3.98. The van der Waals surface area contributed by atoms with Crippen LogP contribution in [-0.2, 0) is 42.2 Å². The Labute approximate surface area is 163 Å². The number of aromatic nitrogens is 1. The van der Waals surface area contributed by atoms with Crippen LogP contribution >= 0.6 is 0 Å². The first kappa shape index (κ1) is 18.5. The van der Waals surface area contributed by atoms with E-state index in [0.717, 1.165) is 22.2 Å². The van der Waals surface area contributed by atoms with Gasteiger partial charge in [0.2, 0.25) is 5.91 Å². The molecule has 1 N–H and O–H groups in total. The largest absolute Gasteiger partial charge is 0.469 e. The number of hydrogen-bond acceptors (Lipinski definition) is 5. The van der Waals surface area contributed by atoms with E-state index in [1.165, 1.54) is 14.2 Å². The van der Waals surface area contributed by atoms with E-state index >= 15 is 0 Å². The minimum absolute atomic E-state index is 0.0294. The molecule has 2 aliphatic heterocycles. The van der Waals surface area contributed by atoms with Gasteiger partial charge in [0.05, 0.1) is 14.2 Å². The van der Waals surface area contributed by atoms with Crippen molar-refractivity contribution in [2.75, 3.05) is 20.8 Å². The summed E-state index contributed by atoms with van der Waals surface area (Å²) in [6.07, 6.45) is 1.79. The van der Waals surface area contributed by atoms with Gasteiger partial charge >= 0.3 is 11.9 Å². The van der Waals surface area contributed by atoms with Crippen LogP contribution in [0.4, 0.5) is 0 Å². The third-order valence-electron chi connectivity index (χ3n) is 6.08. The highest BCUT2D eigenvalue weighted by Crippen LogP contribution is 2.46. The molecule has 2 aromatic rings. The molecular weight excluding hydrogens is 360 g/mol. The molecule has 1 aromatic heterocycles. The Morgan fingerprint density at radius 1 is 1.25 bits per heavy atom. The fourth-order valence-corrected chi connectivity index (χ4v) is 4.87. The molecule has 0 radical (unpaired) electrons. The monoisotopic (exact) mass is 384 g/mol. The molecule has 2 atom stereocenters. The lowest BCUT2D eigenvalue weighted by Crippen LogP contribution is -2.54. The number of nitrogens with one attached hydrogen (secondary N) is 1. The van der Waals surface area contributed by atoms with Crippen molar-refractivity contribution >= 4 is 28.7 Å². The summed E-state index contributed by atoms with van der Waals surface area (Å²) in [7, 11) is 2.68. The zero-order valence-electron chi connectivity index (χ0n) is 16.1. The molecule has 0 saturated heterocycles. The third-order valence-corrected chi connectivity index (χ3v) is 6.08. The minimum Gasteiger partial charge on any atom is -0.469 e. The van der Waals surface area contributed by atoms with Crippen molar-refractivity contribution in [1.82, 2.24) is 9.88 Å². The lowest BCUT2D eigenvalue weighted by Gasteiger charge is -2.38. The van der Waals surface area contributed by atoms with Gasteiger partial charge in [-0.3, -0.25) is 14.4 Å². The number of methoxy groups -OCH3 is 2. The molecule has 3 heterocycles. The standard InChI is InChI=1S/C21H24N2O5/c1-27-17(24)8-7-13-11-21(20(26)28-2)18-15(9-10-22-19(21)25)14-5-3-4-6-16(14)23(18)12-13/h3-6,13H,7-12H2,1-2H3,(H,22,25)/t13-,21+/m1/s1. The van der Waals surface area contributed by atoms with Gasteiger partial charge < -0.3 is 19.4 Å². The van der Waals surface area contributed by atoms with E-state index in [1.54, 1.807) is 0 Å². The van der Waals surface area contributed by atoms with Gasteiger partial charge in [-0.25, -0.2) is 0 Å². The predicted octanol–water partition coefficient (Wildman–Crippen LogP) is 1.70. The first-order valence-corrected chi connectivity index (χ1v) is 9.57. The van der Waals surface area contributed by atoms with E-state index in [2.05, 4.69) is 9.88 Å². The summed E-state index contributed by atoms with van der Waals surface area (Å²) in [6, 6.07) is 7.99. The molecular formula is C21H24N2O5. The molecule has 0 saturated carbocycles. The summed E-state index contributed by atoms with van der Waals surface area (Å²) in [5.74, 6) is -1.18. The van der Waals surface area contributed by atoms with Crippen LogP contribution in [0.5, 0.6) is 0 Å². The number of rotatable bonds is 4. The second-order valence-electron chi connectivity index (χ2n) is 7.54. The number of nitrogens with zero attached hydrogens (tertiary/aromatic N) is 1. The molecule has 4 rings (SSSR count). The molecule has 7 heteroatoms. The van der Waals surface area contributed by atoms with E-state index in [1.807, 2.05) is 24.3 Å². The number of carbonyl (C=O) groups excluding carboxylic acids is 3. The zero-order valence-corrected chi connectivity index (χ0v) is 16.1. The van der Waals surface area contributed by atoms with E-state index in [4.69, 9.17) is 9.47 Å². The number of esters is 2. The van der Waals surface area contributed by atoms with Gasteiger partial charge in [-0.1, -0.05) is 18.2 Å². The zero-order chi connectivity index (χ0) is 19.9. The first-order chi connectivity index (χ1) is 13.5. The van der Waals surface area contributed by atoms with Crippen molar-refractivity contribution in [2.24, 2.45) is 5.92 Å². The second-order valence-corrected chi connectivity index (χ2v) is 7.54. The highest BCUT2D eigenvalue weighted by atomic mass is 16.5. The maximum atomic E-state index is 13.2. The van der Waals surface area contributed by atoms with Crippen LogP contribution in [0, 0.1) is 5.92 Å². The average molecular weight is 384 g/mol. The molecule has 2 aliphatic rings. The molecule has 7 nitrogen and oxygen atoms in total. The molecule has 148 valence electrons. The molecule has 0 aliphatic carbocycles. The fraction of sp³-hybridized carbons (Fsp3) is 0.476.